The van der Waals surface area contributed by atoms with E-state index in [0.717, 1.165) is 18.4 Å². The number of ether oxygens (including phenoxy) is 3. The minimum absolute atomic E-state index is 0.00960. The van der Waals surface area contributed by atoms with Gasteiger partial charge in [0.05, 0.1) is 7.11 Å². The summed E-state index contributed by atoms with van der Waals surface area (Å²) in [7, 11) is 1.58. The van der Waals surface area contributed by atoms with Crippen LogP contribution in [0, 0.1) is 40.4 Å². The predicted molar refractivity (Wildman–Crippen MR) is 146 cm³/mol. The number of nitrogens with one attached hydrogen (secondary N) is 1. The van der Waals surface area contributed by atoms with Gasteiger partial charge >= 0.3 is 6.09 Å². The van der Waals surface area contributed by atoms with Crippen LogP contribution in [-0.2, 0) is 19.1 Å². The molecule has 0 radical (unpaired) electrons. The summed E-state index contributed by atoms with van der Waals surface area (Å²) < 4.78 is 18.0. The molecule has 0 spiro atoms. The van der Waals surface area contributed by atoms with E-state index in [1.807, 2.05) is 25.1 Å². The molecule has 39 heavy (non-hydrogen) atoms. The van der Waals surface area contributed by atoms with Crippen molar-refractivity contribution in [2.75, 3.05) is 19.0 Å². The Morgan fingerprint density at radius 1 is 1.18 bits per heavy atom. The van der Waals surface area contributed by atoms with Crippen LogP contribution in [0.3, 0.4) is 0 Å². The lowest BCUT2D eigenvalue weighted by molar-refractivity contribution is -0.185. The molecule has 0 aromatic heterocycles. The number of carbonyl (C=O) groups excluding carboxylic acids is 3. The molecule has 0 saturated heterocycles. The van der Waals surface area contributed by atoms with Gasteiger partial charge in [-0.05, 0) is 81.1 Å². The fourth-order valence-electron chi connectivity index (χ4n) is 9.23. The highest BCUT2D eigenvalue weighted by Gasteiger charge is 2.71. The summed E-state index contributed by atoms with van der Waals surface area (Å²) in [6, 6.07) is 7.18. The number of carbonyl (C=O) groups is 3. The molecule has 1 amide bonds. The molecule has 1 aromatic rings. The molecule has 3 fully saturated rings. The summed E-state index contributed by atoms with van der Waals surface area (Å²) >= 11 is 0. The maximum absolute atomic E-state index is 13.4. The van der Waals surface area contributed by atoms with Gasteiger partial charge in [0, 0.05) is 41.0 Å². The molecule has 2 unspecified atom stereocenters. The summed E-state index contributed by atoms with van der Waals surface area (Å²) in [6.07, 6.45) is 8.19. The first-order valence-electron chi connectivity index (χ1n) is 14.3. The number of amides is 1. The Hall–Kier alpha value is -2.93. The van der Waals surface area contributed by atoms with Gasteiger partial charge in [0.15, 0.2) is 11.6 Å². The largest absolute Gasteiger partial charge is 0.497 e. The molecule has 6 rings (SSSR count). The molecule has 7 heteroatoms. The van der Waals surface area contributed by atoms with E-state index in [4.69, 9.17) is 14.2 Å². The number of allylic oxidation sites excluding steroid dienone is 4. The SMILES string of the molecule is CCO[C@]1(C(C)=O)CC[C@H]2[C@@H]3C=CC4=CC(=O)C5CC5[C@@]4(C)[C@@H]3[C@@H](OC(=O)Nc3cccc(OC)c3)C[C@@]21C. The zero-order valence-electron chi connectivity index (χ0n) is 23.5. The van der Waals surface area contributed by atoms with Crippen LogP contribution in [0.5, 0.6) is 5.75 Å². The summed E-state index contributed by atoms with van der Waals surface area (Å²) in [6.45, 7) is 8.46. The number of rotatable bonds is 6. The van der Waals surface area contributed by atoms with Crippen LogP contribution in [0.2, 0.25) is 0 Å². The van der Waals surface area contributed by atoms with E-state index in [-0.39, 0.29) is 46.6 Å². The third-order valence-corrected chi connectivity index (χ3v) is 11.0. The van der Waals surface area contributed by atoms with Crippen molar-refractivity contribution in [1.82, 2.24) is 0 Å². The Bertz CT molecular complexity index is 1280. The third kappa shape index (κ3) is 3.68. The Labute approximate surface area is 230 Å². The summed E-state index contributed by atoms with van der Waals surface area (Å²) in [5.74, 6) is 1.55. The highest BCUT2D eigenvalue weighted by Crippen LogP contribution is 2.71. The van der Waals surface area contributed by atoms with Gasteiger partial charge in [-0.2, -0.15) is 0 Å². The average molecular weight is 534 g/mol. The van der Waals surface area contributed by atoms with Crippen molar-refractivity contribution in [3.8, 4) is 5.75 Å². The van der Waals surface area contributed by atoms with E-state index >= 15 is 0 Å². The smallest absolute Gasteiger partial charge is 0.411 e. The zero-order valence-corrected chi connectivity index (χ0v) is 23.5. The molecule has 3 saturated carbocycles. The number of hydrogen-bond donors (Lipinski definition) is 1. The van der Waals surface area contributed by atoms with Crippen LogP contribution in [0.1, 0.15) is 53.4 Å². The van der Waals surface area contributed by atoms with Gasteiger partial charge in [-0.15, -0.1) is 0 Å². The van der Waals surface area contributed by atoms with E-state index < -0.39 is 23.2 Å². The Balaban J connectivity index is 1.40. The highest BCUT2D eigenvalue weighted by atomic mass is 16.6. The predicted octanol–water partition coefficient (Wildman–Crippen LogP) is 5.75. The number of Topliss-reactive ketones (excluding diaryl/α,β-unsaturated/α-hetero) is 1. The number of hydrogen-bond acceptors (Lipinski definition) is 6. The van der Waals surface area contributed by atoms with Crippen molar-refractivity contribution >= 4 is 23.3 Å². The fraction of sp³-hybridized carbons (Fsp3) is 0.594. The van der Waals surface area contributed by atoms with Crippen molar-refractivity contribution in [2.45, 2.75) is 65.1 Å². The van der Waals surface area contributed by atoms with Crippen LogP contribution in [0.15, 0.2) is 48.1 Å². The van der Waals surface area contributed by atoms with Gasteiger partial charge in [0.1, 0.15) is 17.5 Å². The fourth-order valence-corrected chi connectivity index (χ4v) is 9.23. The van der Waals surface area contributed by atoms with Crippen molar-refractivity contribution in [1.29, 1.82) is 0 Å². The normalized spacial score (nSPS) is 41.4. The first kappa shape index (κ1) is 26.3. The maximum atomic E-state index is 13.4. The van der Waals surface area contributed by atoms with Crippen LogP contribution < -0.4 is 10.1 Å². The number of anilines is 1. The monoisotopic (exact) mass is 533 g/mol. The van der Waals surface area contributed by atoms with Gasteiger partial charge in [-0.25, -0.2) is 4.79 Å². The number of methoxy groups -OCH3 is 1. The summed E-state index contributed by atoms with van der Waals surface area (Å²) in [5.41, 5.74) is -0.0272. The second-order valence-electron chi connectivity index (χ2n) is 12.6. The van der Waals surface area contributed by atoms with E-state index in [9.17, 15) is 14.4 Å². The van der Waals surface area contributed by atoms with Gasteiger partial charge in [0.2, 0.25) is 0 Å². The minimum Gasteiger partial charge on any atom is -0.497 e. The average Bonchev–Trinajstić information content (AvgIpc) is 3.66. The Morgan fingerprint density at radius 2 is 1.97 bits per heavy atom. The van der Waals surface area contributed by atoms with Crippen molar-refractivity contribution in [3.05, 3.63) is 48.1 Å². The van der Waals surface area contributed by atoms with Crippen molar-refractivity contribution in [3.63, 3.8) is 0 Å². The summed E-state index contributed by atoms with van der Waals surface area (Å²) in [5, 5.41) is 2.89. The molecule has 9 atom stereocenters. The molecule has 7 nitrogen and oxygen atoms in total. The van der Waals surface area contributed by atoms with Gasteiger partial charge < -0.3 is 14.2 Å². The second-order valence-corrected chi connectivity index (χ2v) is 12.6. The first-order valence-corrected chi connectivity index (χ1v) is 14.3. The zero-order chi connectivity index (χ0) is 27.7. The second kappa shape index (κ2) is 9.05. The van der Waals surface area contributed by atoms with Crippen molar-refractivity contribution < 1.29 is 28.6 Å². The molecular weight excluding hydrogens is 494 g/mol. The van der Waals surface area contributed by atoms with Crippen LogP contribution >= 0.6 is 0 Å². The quantitative estimate of drug-likeness (QED) is 0.501. The Kier molecular flexibility index (Phi) is 6.10. The molecule has 0 aliphatic heterocycles. The summed E-state index contributed by atoms with van der Waals surface area (Å²) in [4.78, 5) is 39.4. The molecule has 5 aliphatic carbocycles. The standard InChI is InChI=1S/C32H39NO6/c1-6-38-32(18(2)34)13-12-24-22-11-10-19-14-26(35)23-16-25(23)31(19,4)28(22)27(17-30(24,32)3)39-29(36)33-20-8-7-9-21(15-20)37-5/h7-11,14-15,22-25,27-28H,6,12-13,16-17H2,1-5H3,(H,33,36)/t22-,23?,24-,25?,27-,28-,30-,31-,32-/m0/s1. The third-order valence-electron chi connectivity index (χ3n) is 11.0. The molecule has 0 bridgehead atoms. The van der Waals surface area contributed by atoms with Crippen LogP contribution in [0.25, 0.3) is 0 Å². The molecule has 5 aliphatic rings. The molecule has 1 aromatic carbocycles. The lowest BCUT2D eigenvalue weighted by Crippen LogP contribution is -2.62. The number of fused-ring (bicyclic) bond motifs is 7. The van der Waals surface area contributed by atoms with E-state index in [1.165, 1.54) is 0 Å². The first-order chi connectivity index (χ1) is 18.6. The lowest BCUT2D eigenvalue weighted by Gasteiger charge is -2.59. The van der Waals surface area contributed by atoms with Crippen LogP contribution in [0.4, 0.5) is 10.5 Å². The maximum Gasteiger partial charge on any atom is 0.411 e. The number of benzene rings is 1. The van der Waals surface area contributed by atoms with Gasteiger partial charge in [-0.3, -0.25) is 14.9 Å². The molecule has 1 N–H and O–H groups in total. The van der Waals surface area contributed by atoms with E-state index in [2.05, 4.69) is 31.3 Å². The van der Waals surface area contributed by atoms with E-state index in [1.54, 1.807) is 26.2 Å². The number of ketones is 2. The minimum atomic E-state index is -0.905. The van der Waals surface area contributed by atoms with Gasteiger partial charge in [0.25, 0.3) is 0 Å². The molecular formula is C32H39NO6. The van der Waals surface area contributed by atoms with Crippen LogP contribution in [-0.4, -0.2) is 43.1 Å². The van der Waals surface area contributed by atoms with E-state index in [0.29, 0.717) is 30.9 Å². The van der Waals surface area contributed by atoms with Crippen molar-refractivity contribution in [2.24, 2.45) is 40.4 Å². The lowest BCUT2D eigenvalue weighted by atomic mass is 9.46. The topological polar surface area (TPSA) is 90.9 Å². The van der Waals surface area contributed by atoms with Gasteiger partial charge in [-0.1, -0.05) is 32.1 Å². The highest BCUT2D eigenvalue weighted by molar-refractivity contribution is 5.97. The molecule has 0 heterocycles. The Morgan fingerprint density at radius 3 is 2.69 bits per heavy atom. The molecule has 208 valence electrons.